The first-order valence-electron chi connectivity index (χ1n) is 19.0. The van der Waals surface area contributed by atoms with E-state index in [4.69, 9.17) is 14.1 Å². The van der Waals surface area contributed by atoms with E-state index in [1.807, 2.05) is 120 Å². The molecule has 0 aliphatic heterocycles. The number of pyridine rings is 1. The van der Waals surface area contributed by atoms with Crippen LogP contribution >= 0.6 is 0 Å². The lowest BCUT2D eigenvalue weighted by molar-refractivity contribution is 0.477. The first-order valence-corrected chi connectivity index (χ1v) is 17.5. The molecule has 0 bridgehead atoms. The predicted molar refractivity (Wildman–Crippen MR) is 218 cm³/mol. The van der Waals surface area contributed by atoms with Crippen LogP contribution in [-0.4, -0.2) is 19.6 Å². The molecule has 4 heteroatoms. The van der Waals surface area contributed by atoms with Gasteiger partial charge < -0.3 is 5.11 Å². The quantitative estimate of drug-likeness (QED) is 0.182. The summed E-state index contributed by atoms with van der Waals surface area (Å²) < 4.78 is 27.6. The Kier molecular flexibility index (Phi) is 7.34. The number of imidazole rings is 1. The van der Waals surface area contributed by atoms with Crippen molar-refractivity contribution in [1.29, 1.82) is 0 Å². The Labute approximate surface area is 313 Å². The van der Waals surface area contributed by atoms with Crippen LogP contribution in [0.5, 0.6) is 5.75 Å². The van der Waals surface area contributed by atoms with Crippen molar-refractivity contribution in [3.05, 3.63) is 194 Å². The topological polar surface area (TPSA) is 50.9 Å². The zero-order valence-electron chi connectivity index (χ0n) is 31.7. The van der Waals surface area contributed by atoms with Crippen LogP contribution in [0.2, 0.25) is 0 Å². The summed E-state index contributed by atoms with van der Waals surface area (Å²) in [6.07, 6.45) is 1.85. The fourth-order valence-corrected chi connectivity index (χ4v) is 7.10. The first-order chi connectivity index (χ1) is 27.3. The molecule has 0 aliphatic carbocycles. The molecule has 1 N–H and O–H groups in total. The molecule has 0 amide bonds. The lowest BCUT2D eigenvalue weighted by Crippen LogP contribution is -1.99. The predicted octanol–water partition coefficient (Wildman–Crippen LogP) is 12.4. The van der Waals surface area contributed by atoms with E-state index in [0.29, 0.717) is 28.2 Å². The van der Waals surface area contributed by atoms with Crippen LogP contribution < -0.4 is 0 Å². The second-order valence-corrected chi connectivity index (χ2v) is 13.0. The Morgan fingerprint density at radius 3 is 1.87 bits per heavy atom. The van der Waals surface area contributed by atoms with E-state index >= 15 is 0 Å². The summed E-state index contributed by atoms with van der Waals surface area (Å²) in [5.74, 6) is 0.562. The number of phenolic OH excluding ortho intramolecular Hbond substituents is 1. The highest BCUT2D eigenvalue weighted by atomic mass is 16.3. The number of fused-ring (bicyclic) bond motifs is 1. The molecular weight excluding hydrogens is 647 g/mol. The Bertz CT molecular complexity index is 2850. The molecular formula is C49H35N3O. The van der Waals surface area contributed by atoms with E-state index in [1.165, 1.54) is 0 Å². The number of phenols is 1. The van der Waals surface area contributed by atoms with Gasteiger partial charge in [0.25, 0.3) is 0 Å². The van der Waals surface area contributed by atoms with E-state index in [1.54, 1.807) is 18.2 Å². The summed E-state index contributed by atoms with van der Waals surface area (Å²) in [5.41, 5.74) is 12.2. The SMILES string of the molecule is [2H]C([2H])([2H])c1cc(-n2c(-c3ccccc3O)nc3c(-c4cc(-c5ccccc5)cc(-c5cc(-c6ccccc6)ccn5)c4)cccc32)ccc1-c1ccccc1. The van der Waals surface area contributed by atoms with Gasteiger partial charge in [0.2, 0.25) is 0 Å². The van der Waals surface area contributed by atoms with Gasteiger partial charge in [-0.25, -0.2) is 4.98 Å². The number of aromatic nitrogens is 3. The number of rotatable bonds is 7. The third-order valence-corrected chi connectivity index (χ3v) is 9.69. The molecule has 9 aromatic rings. The Morgan fingerprint density at radius 2 is 1.13 bits per heavy atom. The van der Waals surface area contributed by atoms with Gasteiger partial charge in [-0.3, -0.25) is 9.55 Å². The van der Waals surface area contributed by atoms with Crippen LogP contribution in [0.25, 0.3) is 83.9 Å². The van der Waals surface area contributed by atoms with Crippen molar-refractivity contribution in [3.8, 4) is 78.6 Å². The molecule has 2 heterocycles. The molecule has 0 spiro atoms. The lowest BCUT2D eigenvalue weighted by atomic mass is 9.93. The lowest BCUT2D eigenvalue weighted by Gasteiger charge is -2.14. The largest absolute Gasteiger partial charge is 0.507 e. The number of nitrogens with zero attached hydrogens (tertiary/aromatic N) is 3. The van der Waals surface area contributed by atoms with Crippen molar-refractivity contribution in [2.24, 2.45) is 0 Å². The second kappa shape index (κ2) is 13.6. The van der Waals surface area contributed by atoms with Gasteiger partial charge >= 0.3 is 0 Å². The van der Waals surface area contributed by atoms with Gasteiger partial charge in [-0.15, -0.1) is 0 Å². The Hall–Kier alpha value is -7.04. The summed E-state index contributed by atoms with van der Waals surface area (Å²) in [5, 5.41) is 11.2. The molecule has 0 aliphatic rings. The molecule has 4 nitrogen and oxygen atoms in total. The summed E-state index contributed by atoms with van der Waals surface area (Å²) >= 11 is 0. The fraction of sp³-hybridized carbons (Fsp3) is 0.0204. The summed E-state index contributed by atoms with van der Waals surface area (Å²) in [7, 11) is 0. The second-order valence-electron chi connectivity index (χ2n) is 13.0. The number of hydrogen-bond donors (Lipinski definition) is 1. The average molecular weight is 685 g/mol. The molecule has 252 valence electrons. The van der Waals surface area contributed by atoms with Crippen LogP contribution in [0.1, 0.15) is 9.68 Å². The monoisotopic (exact) mass is 684 g/mol. The van der Waals surface area contributed by atoms with Crippen molar-refractivity contribution >= 4 is 11.0 Å². The number of para-hydroxylation sites is 2. The van der Waals surface area contributed by atoms with Crippen LogP contribution in [0.15, 0.2) is 188 Å². The van der Waals surface area contributed by atoms with Gasteiger partial charge in [-0.05, 0) is 112 Å². The van der Waals surface area contributed by atoms with E-state index in [2.05, 4.69) is 54.6 Å². The number of benzene rings is 7. The van der Waals surface area contributed by atoms with E-state index < -0.39 is 6.85 Å². The molecule has 0 fully saturated rings. The maximum Gasteiger partial charge on any atom is 0.149 e. The van der Waals surface area contributed by atoms with Crippen molar-refractivity contribution in [3.63, 3.8) is 0 Å². The minimum atomic E-state index is -2.39. The highest BCUT2D eigenvalue weighted by molar-refractivity contribution is 5.97. The van der Waals surface area contributed by atoms with E-state index in [-0.39, 0.29) is 11.3 Å². The maximum atomic E-state index is 11.2. The van der Waals surface area contributed by atoms with Crippen molar-refractivity contribution < 1.29 is 9.22 Å². The molecule has 0 unspecified atom stereocenters. The van der Waals surface area contributed by atoms with Crippen molar-refractivity contribution in [1.82, 2.24) is 14.5 Å². The highest BCUT2D eigenvalue weighted by Gasteiger charge is 2.21. The average Bonchev–Trinajstić information content (AvgIpc) is 3.64. The van der Waals surface area contributed by atoms with Gasteiger partial charge in [-0.2, -0.15) is 0 Å². The summed E-state index contributed by atoms with van der Waals surface area (Å²) in [4.78, 5) is 10.1. The minimum Gasteiger partial charge on any atom is -0.507 e. The van der Waals surface area contributed by atoms with Gasteiger partial charge in [0.1, 0.15) is 11.6 Å². The van der Waals surface area contributed by atoms with Gasteiger partial charge in [0.15, 0.2) is 0 Å². The fourth-order valence-electron chi connectivity index (χ4n) is 7.10. The van der Waals surface area contributed by atoms with E-state index in [9.17, 15) is 5.11 Å². The van der Waals surface area contributed by atoms with Gasteiger partial charge in [-0.1, -0.05) is 121 Å². The van der Waals surface area contributed by atoms with Crippen molar-refractivity contribution in [2.75, 3.05) is 0 Å². The normalized spacial score (nSPS) is 12.3. The van der Waals surface area contributed by atoms with Gasteiger partial charge in [0.05, 0.1) is 22.3 Å². The zero-order valence-corrected chi connectivity index (χ0v) is 28.7. The van der Waals surface area contributed by atoms with Crippen molar-refractivity contribution in [2.45, 2.75) is 6.85 Å². The van der Waals surface area contributed by atoms with E-state index in [0.717, 1.165) is 55.7 Å². The van der Waals surface area contributed by atoms with Crippen LogP contribution in [-0.2, 0) is 0 Å². The number of aryl methyl sites for hydroxylation is 1. The molecule has 53 heavy (non-hydrogen) atoms. The van der Waals surface area contributed by atoms with Gasteiger partial charge in [0, 0.05) is 27.1 Å². The number of hydrogen-bond acceptors (Lipinski definition) is 3. The summed E-state index contributed by atoms with van der Waals surface area (Å²) in [6.45, 7) is -2.39. The molecule has 9 rings (SSSR count). The number of aromatic hydroxyl groups is 1. The molecule has 0 atom stereocenters. The molecule has 7 aromatic carbocycles. The molecule has 2 aromatic heterocycles. The minimum absolute atomic E-state index is 0.0697. The summed E-state index contributed by atoms with van der Waals surface area (Å²) in [6, 6.07) is 59.4. The molecule has 0 radical (unpaired) electrons. The smallest absolute Gasteiger partial charge is 0.149 e. The third-order valence-electron chi connectivity index (χ3n) is 9.69. The Morgan fingerprint density at radius 1 is 0.491 bits per heavy atom. The Balaban J connectivity index is 1.28. The van der Waals surface area contributed by atoms with Crippen LogP contribution in [0, 0.1) is 6.85 Å². The molecule has 0 saturated heterocycles. The third kappa shape index (κ3) is 6.07. The standard InChI is InChI=1S/C49H35N3O/c1-33-28-41(24-25-42(33)36-18-9-4-10-19-36)52-46-22-13-21-43(48(46)51-49(52)44-20-11-12-23-47(44)53)39-29-38(35-16-7-3-8-17-35)30-40(31-39)45-32-37(26-27-50-45)34-14-5-2-6-15-34/h2-32,53H,1H3/i1D3. The maximum absolute atomic E-state index is 11.2. The first kappa shape index (κ1) is 28.6. The van der Waals surface area contributed by atoms with Crippen LogP contribution in [0.4, 0.5) is 0 Å². The molecule has 0 saturated carbocycles. The van der Waals surface area contributed by atoms with Crippen LogP contribution in [0.3, 0.4) is 0 Å². The zero-order chi connectivity index (χ0) is 38.2. The highest BCUT2D eigenvalue weighted by Crippen LogP contribution is 2.40.